The third kappa shape index (κ3) is 4.86. The van der Waals surface area contributed by atoms with Crippen molar-refractivity contribution in [2.24, 2.45) is 0 Å². The van der Waals surface area contributed by atoms with E-state index in [4.69, 9.17) is 4.74 Å². The van der Waals surface area contributed by atoms with Gasteiger partial charge in [0.25, 0.3) is 0 Å². The van der Waals surface area contributed by atoms with Crippen LogP contribution >= 0.6 is 0 Å². The van der Waals surface area contributed by atoms with E-state index in [1.54, 1.807) is 0 Å². The largest absolute Gasteiger partial charge is 0.489 e. The summed E-state index contributed by atoms with van der Waals surface area (Å²) in [6.45, 7) is 3.52. The molecule has 0 bridgehead atoms. The smallest absolute Gasteiger partial charge is 0.119 e. The van der Waals surface area contributed by atoms with Gasteiger partial charge in [0.2, 0.25) is 0 Å². The summed E-state index contributed by atoms with van der Waals surface area (Å²) in [6, 6.07) is 15.9. The highest BCUT2D eigenvalue weighted by Crippen LogP contribution is 2.21. The normalized spacial score (nSPS) is 12.4. The summed E-state index contributed by atoms with van der Waals surface area (Å²) in [5, 5.41) is 10.1. The van der Waals surface area contributed by atoms with Crippen molar-refractivity contribution in [3.8, 4) is 5.75 Å². The van der Waals surface area contributed by atoms with Crippen molar-refractivity contribution in [3.63, 3.8) is 0 Å². The van der Waals surface area contributed by atoms with Gasteiger partial charge in [0.05, 0.1) is 6.10 Å². The second-order valence-electron chi connectivity index (χ2n) is 5.89. The van der Waals surface area contributed by atoms with E-state index in [0.29, 0.717) is 6.61 Å². The maximum atomic E-state index is 10.1. The summed E-state index contributed by atoms with van der Waals surface area (Å²) >= 11 is 0. The number of aliphatic hydroxyl groups excluding tert-OH is 1. The van der Waals surface area contributed by atoms with Crippen molar-refractivity contribution in [1.29, 1.82) is 0 Å². The van der Waals surface area contributed by atoms with E-state index in [2.05, 4.69) is 24.0 Å². The molecular weight excluding hydrogens is 274 g/mol. The highest BCUT2D eigenvalue weighted by molar-refractivity contribution is 5.30. The Morgan fingerprint density at radius 2 is 1.73 bits per heavy atom. The van der Waals surface area contributed by atoms with Crippen LogP contribution in [-0.4, -0.2) is 30.6 Å². The summed E-state index contributed by atoms with van der Waals surface area (Å²) in [6.07, 6.45) is 0.309. The average molecular weight is 299 g/mol. The van der Waals surface area contributed by atoms with Crippen LogP contribution in [0.2, 0.25) is 0 Å². The molecule has 1 N–H and O–H groups in total. The van der Waals surface area contributed by atoms with Gasteiger partial charge in [0.15, 0.2) is 0 Å². The van der Waals surface area contributed by atoms with E-state index in [1.807, 2.05) is 50.5 Å². The first-order chi connectivity index (χ1) is 10.6. The first-order valence-corrected chi connectivity index (χ1v) is 7.66. The molecule has 0 radical (unpaired) electrons. The zero-order chi connectivity index (χ0) is 15.9. The number of benzene rings is 2. The molecule has 2 rings (SSSR count). The van der Waals surface area contributed by atoms with Gasteiger partial charge in [-0.1, -0.05) is 36.4 Å². The minimum atomic E-state index is -0.423. The van der Waals surface area contributed by atoms with Crippen LogP contribution in [0.5, 0.6) is 5.75 Å². The van der Waals surface area contributed by atoms with Crippen LogP contribution < -0.4 is 4.74 Å². The van der Waals surface area contributed by atoms with E-state index in [1.165, 1.54) is 11.1 Å². The van der Waals surface area contributed by atoms with Gasteiger partial charge < -0.3 is 14.7 Å². The van der Waals surface area contributed by atoms with Crippen molar-refractivity contribution in [2.45, 2.75) is 26.1 Å². The fourth-order valence-electron chi connectivity index (χ4n) is 2.27. The van der Waals surface area contributed by atoms with Crippen LogP contribution in [0.15, 0.2) is 48.5 Å². The monoisotopic (exact) mass is 299 g/mol. The van der Waals surface area contributed by atoms with E-state index in [9.17, 15) is 5.11 Å². The molecule has 0 aliphatic rings. The molecule has 22 heavy (non-hydrogen) atoms. The van der Waals surface area contributed by atoms with Gasteiger partial charge in [-0.25, -0.2) is 0 Å². The molecule has 3 heteroatoms. The minimum absolute atomic E-state index is 0.423. The molecular formula is C19H25NO2. The van der Waals surface area contributed by atoms with Crippen LogP contribution in [0.4, 0.5) is 0 Å². The Morgan fingerprint density at radius 3 is 2.36 bits per heavy atom. The fraction of sp³-hybridized carbons (Fsp3) is 0.368. The van der Waals surface area contributed by atoms with Crippen LogP contribution in [0.3, 0.4) is 0 Å². The Bertz CT molecular complexity index is 578. The number of rotatable bonds is 7. The second-order valence-corrected chi connectivity index (χ2v) is 5.89. The molecule has 0 aliphatic heterocycles. The van der Waals surface area contributed by atoms with Crippen LogP contribution in [0.1, 0.15) is 29.2 Å². The molecule has 0 amide bonds. The van der Waals surface area contributed by atoms with Crippen molar-refractivity contribution >= 4 is 0 Å². The minimum Gasteiger partial charge on any atom is -0.489 e. The van der Waals surface area contributed by atoms with Crippen LogP contribution in [0, 0.1) is 6.92 Å². The number of hydrogen-bond acceptors (Lipinski definition) is 3. The van der Waals surface area contributed by atoms with Crippen molar-refractivity contribution in [2.75, 3.05) is 20.6 Å². The molecule has 1 atom stereocenters. The van der Waals surface area contributed by atoms with Gasteiger partial charge in [-0.3, -0.25) is 0 Å². The predicted octanol–water partition coefficient (Wildman–Crippen LogP) is 3.56. The highest BCUT2D eigenvalue weighted by atomic mass is 16.5. The molecule has 1 unspecified atom stereocenters. The summed E-state index contributed by atoms with van der Waals surface area (Å²) in [7, 11) is 4.02. The maximum Gasteiger partial charge on any atom is 0.119 e. The molecule has 2 aromatic rings. The molecule has 0 aromatic heterocycles. The molecule has 3 nitrogen and oxygen atoms in total. The Balaban J connectivity index is 1.90. The summed E-state index contributed by atoms with van der Waals surface area (Å²) < 4.78 is 5.82. The molecule has 0 heterocycles. The lowest BCUT2D eigenvalue weighted by molar-refractivity contribution is 0.154. The van der Waals surface area contributed by atoms with Gasteiger partial charge in [0.1, 0.15) is 12.4 Å². The molecule has 0 fully saturated rings. The van der Waals surface area contributed by atoms with Crippen LogP contribution in [0.25, 0.3) is 0 Å². The molecule has 2 aromatic carbocycles. The quantitative estimate of drug-likeness (QED) is 0.848. The Labute approximate surface area is 133 Å². The predicted molar refractivity (Wildman–Crippen MR) is 90.1 cm³/mol. The Kier molecular flexibility index (Phi) is 5.99. The number of aliphatic hydroxyl groups is 1. The van der Waals surface area contributed by atoms with Gasteiger partial charge in [-0.2, -0.15) is 0 Å². The summed E-state index contributed by atoms with van der Waals surface area (Å²) in [4.78, 5) is 2.07. The maximum absolute atomic E-state index is 10.1. The summed E-state index contributed by atoms with van der Waals surface area (Å²) in [5.74, 6) is 0.826. The van der Waals surface area contributed by atoms with Crippen molar-refractivity contribution in [3.05, 3.63) is 65.2 Å². The first kappa shape index (κ1) is 16.5. The van der Waals surface area contributed by atoms with E-state index in [0.717, 1.165) is 24.3 Å². The first-order valence-electron chi connectivity index (χ1n) is 7.66. The third-order valence-corrected chi connectivity index (χ3v) is 3.77. The van der Waals surface area contributed by atoms with Gasteiger partial charge in [-0.15, -0.1) is 0 Å². The molecule has 0 spiro atoms. The standard InChI is InChI=1S/C19H25NO2/c1-15-6-4-5-7-17(15)14-22-18-10-8-16(9-11-18)19(21)12-13-20(2)3/h4-11,19,21H,12-14H2,1-3H3. The van der Waals surface area contributed by atoms with Crippen molar-refractivity contribution < 1.29 is 9.84 Å². The fourth-order valence-corrected chi connectivity index (χ4v) is 2.27. The molecule has 0 aliphatic carbocycles. The van der Waals surface area contributed by atoms with Crippen LogP contribution in [-0.2, 0) is 6.61 Å². The number of aryl methyl sites for hydroxylation is 1. The highest BCUT2D eigenvalue weighted by Gasteiger charge is 2.08. The topological polar surface area (TPSA) is 32.7 Å². The lowest BCUT2D eigenvalue weighted by atomic mass is 10.1. The molecule has 0 saturated heterocycles. The molecule has 118 valence electrons. The van der Waals surface area contributed by atoms with Gasteiger partial charge in [0, 0.05) is 6.54 Å². The van der Waals surface area contributed by atoms with E-state index in [-0.39, 0.29) is 0 Å². The third-order valence-electron chi connectivity index (χ3n) is 3.77. The molecule has 0 saturated carbocycles. The lowest BCUT2D eigenvalue weighted by Gasteiger charge is -2.15. The lowest BCUT2D eigenvalue weighted by Crippen LogP contribution is -2.15. The number of nitrogens with zero attached hydrogens (tertiary/aromatic N) is 1. The SMILES string of the molecule is Cc1ccccc1COc1ccc(C(O)CCN(C)C)cc1. The number of hydrogen-bond donors (Lipinski definition) is 1. The second kappa shape index (κ2) is 7.97. The van der Waals surface area contributed by atoms with Crippen molar-refractivity contribution in [1.82, 2.24) is 4.90 Å². The van der Waals surface area contributed by atoms with Gasteiger partial charge >= 0.3 is 0 Å². The average Bonchev–Trinajstić information content (AvgIpc) is 2.52. The zero-order valence-corrected chi connectivity index (χ0v) is 13.6. The van der Waals surface area contributed by atoms with E-state index >= 15 is 0 Å². The Morgan fingerprint density at radius 1 is 1.05 bits per heavy atom. The summed E-state index contributed by atoms with van der Waals surface area (Å²) in [5.41, 5.74) is 3.36. The number of ether oxygens (including phenoxy) is 1. The zero-order valence-electron chi connectivity index (χ0n) is 13.6. The Hall–Kier alpha value is -1.84. The van der Waals surface area contributed by atoms with E-state index < -0.39 is 6.10 Å². The van der Waals surface area contributed by atoms with Gasteiger partial charge in [-0.05, 0) is 56.3 Å².